The van der Waals surface area contributed by atoms with E-state index in [2.05, 4.69) is 55.5 Å². The number of unbranched alkanes of at least 4 members (excludes halogenated alkanes) is 2. The Balaban J connectivity index is 2.01. The lowest BCUT2D eigenvalue weighted by molar-refractivity contribution is 0.181. The molecule has 0 saturated heterocycles. The molecule has 0 spiro atoms. The standard InChI is InChI=1S/C25H27BCl2O3/c1-19-5-7-20(8-6-19)25(21-9-13-23(27)14-10-21,22-11-15-24(28)16-12-22)17-3-2-4-18-31-26(29)30/h5-16,29-30H,2-4,17-18H2,1H3. The van der Waals surface area contributed by atoms with Gasteiger partial charge in [-0.2, -0.15) is 0 Å². The van der Waals surface area contributed by atoms with Gasteiger partial charge in [-0.25, -0.2) is 0 Å². The molecule has 0 radical (unpaired) electrons. The van der Waals surface area contributed by atoms with E-state index in [-0.39, 0.29) is 5.41 Å². The molecule has 162 valence electrons. The minimum atomic E-state index is -1.71. The molecule has 3 aromatic carbocycles. The Morgan fingerprint density at radius 1 is 0.710 bits per heavy atom. The van der Waals surface area contributed by atoms with Gasteiger partial charge >= 0.3 is 7.32 Å². The van der Waals surface area contributed by atoms with Crippen LogP contribution in [0.2, 0.25) is 10.0 Å². The van der Waals surface area contributed by atoms with E-state index in [1.165, 1.54) is 22.3 Å². The van der Waals surface area contributed by atoms with Gasteiger partial charge in [0, 0.05) is 22.1 Å². The van der Waals surface area contributed by atoms with E-state index in [0.29, 0.717) is 16.7 Å². The van der Waals surface area contributed by atoms with E-state index < -0.39 is 7.32 Å². The fourth-order valence-electron chi connectivity index (χ4n) is 4.10. The van der Waals surface area contributed by atoms with Crippen molar-refractivity contribution in [2.24, 2.45) is 0 Å². The van der Waals surface area contributed by atoms with E-state index in [1.807, 2.05) is 24.3 Å². The number of halogens is 2. The molecule has 0 amide bonds. The summed E-state index contributed by atoms with van der Waals surface area (Å²) in [5, 5.41) is 19.1. The largest absolute Gasteiger partial charge is 0.633 e. The molecule has 31 heavy (non-hydrogen) atoms. The molecule has 0 aromatic heterocycles. The first-order valence-electron chi connectivity index (χ1n) is 10.5. The van der Waals surface area contributed by atoms with Gasteiger partial charge in [0.05, 0.1) is 0 Å². The highest BCUT2D eigenvalue weighted by Gasteiger charge is 2.35. The second kappa shape index (κ2) is 11.2. The summed E-state index contributed by atoms with van der Waals surface area (Å²) >= 11 is 12.4. The minimum absolute atomic E-state index is 0.317. The van der Waals surface area contributed by atoms with Crippen molar-refractivity contribution >= 4 is 30.5 Å². The monoisotopic (exact) mass is 456 g/mol. The van der Waals surface area contributed by atoms with Crippen LogP contribution < -0.4 is 0 Å². The van der Waals surface area contributed by atoms with Crippen molar-refractivity contribution in [3.63, 3.8) is 0 Å². The first kappa shape index (κ1) is 23.8. The van der Waals surface area contributed by atoms with Crippen LogP contribution in [-0.2, 0) is 10.1 Å². The Kier molecular flexibility index (Phi) is 8.59. The summed E-state index contributed by atoms with van der Waals surface area (Å²) in [5.41, 5.74) is 4.41. The summed E-state index contributed by atoms with van der Waals surface area (Å²) in [6.45, 7) is 2.41. The summed E-state index contributed by atoms with van der Waals surface area (Å²) in [7, 11) is -1.71. The summed E-state index contributed by atoms with van der Waals surface area (Å²) < 4.78 is 4.85. The SMILES string of the molecule is Cc1ccc(C(CCCCCOB(O)O)(c2ccc(Cl)cc2)c2ccc(Cl)cc2)cc1. The lowest BCUT2D eigenvalue weighted by Crippen LogP contribution is -2.29. The molecule has 0 bridgehead atoms. The first-order chi connectivity index (χ1) is 14.9. The molecule has 0 fully saturated rings. The van der Waals surface area contributed by atoms with E-state index in [9.17, 15) is 0 Å². The van der Waals surface area contributed by atoms with Crippen LogP contribution in [0.4, 0.5) is 0 Å². The van der Waals surface area contributed by atoms with Crippen molar-refractivity contribution in [2.45, 2.75) is 38.0 Å². The minimum Gasteiger partial charge on any atom is -0.402 e. The van der Waals surface area contributed by atoms with Crippen LogP contribution in [0.25, 0.3) is 0 Å². The highest BCUT2D eigenvalue weighted by Crippen LogP contribution is 2.44. The molecular formula is C25H27BCl2O3. The Hall–Kier alpha value is -1.82. The van der Waals surface area contributed by atoms with Crippen LogP contribution >= 0.6 is 23.2 Å². The molecule has 2 N–H and O–H groups in total. The summed E-state index contributed by atoms with van der Waals surface area (Å²) in [6, 6.07) is 24.8. The van der Waals surface area contributed by atoms with Crippen LogP contribution in [-0.4, -0.2) is 24.0 Å². The average molecular weight is 457 g/mol. The smallest absolute Gasteiger partial charge is 0.402 e. The number of rotatable bonds is 10. The molecule has 3 rings (SSSR count). The van der Waals surface area contributed by atoms with E-state index >= 15 is 0 Å². The quantitative estimate of drug-likeness (QED) is 0.217. The molecule has 0 saturated carbocycles. The van der Waals surface area contributed by atoms with Gasteiger partial charge in [0.2, 0.25) is 0 Å². The van der Waals surface area contributed by atoms with Crippen molar-refractivity contribution in [1.82, 2.24) is 0 Å². The third-order valence-electron chi connectivity index (χ3n) is 5.68. The molecule has 0 heterocycles. The Labute approximate surface area is 194 Å². The van der Waals surface area contributed by atoms with Gasteiger partial charge < -0.3 is 14.7 Å². The predicted octanol–water partition coefficient (Wildman–Crippen LogP) is 6.18. The van der Waals surface area contributed by atoms with Gasteiger partial charge in [0.15, 0.2) is 0 Å². The number of hydrogen-bond acceptors (Lipinski definition) is 3. The zero-order chi connectivity index (χ0) is 22.3. The first-order valence-corrected chi connectivity index (χ1v) is 11.2. The van der Waals surface area contributed by atoms with Crippen LogP contribution in [0.15, 0.2) is 72.8 Å². The zero-order valence-electron chi connectivity index (χ0n) is 17.6. The molecule has 0 aliphatic rings. The van der Waals surface area contributed by atoms with Crippen LogP contribution in [0.5, 0.6) is 0 Å². The second-order valence-electron chi connectivity index (χ2n) is 7.79. The highest BCUT2D eigenvalue weighted by molar-refractivity contribution is 6.32. The fraction of sp³-hybridized carbons (Fsp3) is 0.280. The molecule has 0 unspecified atom stereocenters. The maximum absolute atomic E-state index is 8.86. The van der Waals surface area contributed by atoms with E-state index in [1.54, 1.807) is 0 Å². The van der Waals surface area contributed by atoms with E-state index in [4.69, 9.17) is 37.9 Å². The van der Waals surface area contributed by atoms with Crippen molar-refractivity contribution in [1.29, 1.82) is 0 Å². The highest BCUT2D eigenvalue weighted by atomic mass is 35.5. The predicted molar refractivity (Wildman–Crippen MR) is 129 cm³/mol. The maximum Gasteiger partial charge on any atom is 0.633 e. The number of hydrogen-bond donors (Lipinski definition) is 2. The normalized spacial score (nSPS) is 11.5. The third kappa shape index (κ3) is 6.12. The average Bonchev–Trinajstić information content (AvgIpc) is 2.75. The Morgan fingerprint density at radius 3 is 1.61 bits per heavy atom. The molecule has 3 nitrogen and oxygen atoms in total. The summed E-state index contributed by atoms with van der Waals surface area (Å²) in [6.07, 6.45) is 3.47. The van der Waals surface area contributed by atoms with Crippen molar-refractivity contribution in [2.75, 3.05) is 6.61 Å². The lowest BCUT2D eigenvalue weighted by Gasteiger charge is -2.36. The maximum atomic E-state index is 8.86. The second-order valence-corrected chi connectivity index (χ2v) is 8.67. The fourth-order valence-corrected chi connectivity index (χ4v) is 4.35. The summed E-state index contributed by atoms with van der Waals surface area (Å²) in [5.74, 6) is 0. The van der Waals surface area contributed by atoms with Gasteiger partial charge in [-0.1, -0.05) is 90.1 Å². The van der Waals surface area contributed by atoms with Crippen LogP contribution in [0.1, 0.15) is 47.9 Å². The Bertz CT molecular complexity index is 831. The van der Waals surface area contributed by atoms with Gasteiger partial charge in [0.1, 0.15) is 0 Å². The molecule has 6 heteroatoms. The zero-order valence-corrected chi connectivity index (χ0v) is 19.1. The van der Waals surface area contributed by atoms with Gasteiger partial charge in [-0.15, -0.1) is 0 Å². The summed E-state index contributed by atoms with van der Waals surface area (Å²) in [4.78, 5) is 0. The third-order valence-corrected chi connectivity index (χ3v) is 6.19. The van der Waals surface area contributed by atoms with Gasteiger partial charge in [-0.3, -0.25) is 0 Å². The van der Waals surface area contributed by atoms with Gasteiger partial charge in [0.25, 0.3) is 0 Å². The van der Waals surface area contributed by atoms with Gasteiger partial charge in [-0.05, 0) is 60.7 Å². The molecule has 0 aliphatic heterocycles. The Morgan fingerprint density at radius 2 is 1.16 bits per heavy atom. The van der Waals surface area contributed by atoms with Crippen LogP contribution in [0.3, 0.4) is 0 Å². The number of benzene rings is 3. The van der Waals surface area contributed by atoms with Crippen molar-refractivity contribution in [3.05, 3.63) is 105 Å². The molecule has 0 atom stereocenters. The van der Waals surface area contributed by atoms with Crippen molar-refractivity contribution < 1.29 is 14.7 Å². The van der Waals surface area contributed by atoms with Crippen LogP contribution in [0, 0.1) is 6.92 Å². The molecule has 3 aromatic rings. The van der Waals surface area contributed by atoms with E-state index in [0.717, 1.165) is 25.7 Å². The lowest BCUT2D eigenvalue weighted by atomic mass is 9.66. The molecule has 0 aliphatic carbocycles. The van der Waals surface area contributed by atoms with Crippen molar-refractivity contribution in [3.8, 4) is 0 Å². The topological polar surface area (TPSA) is 49.7 Å². The number of aryl methyl sites for hydroxylation is 1. The molecular weight excluding hydrogens is 430 g/mol.